The molecule has 1 aliphatic heterocycles. The minimum Gasteiger partial charge on any atom is -0.485 e. The first-order valence-corrected chi connectivity index (χ1v) is 8.39. The first-order chi connectivity index (χ1) is 11.6. The number of halogens is 1. The maximum absolute atomic E-state index is 13.8. The number of esters is 1. The summed E-state index contributed by atoms with van der Waals surface area (Å²) in [5.41, 5.74) is 0. The average molecular weight is 335 g/mol. The van der Waals surface area contributed by atoms with Gasteiger partial charge in [0, 0.05) is 12.3 Å². The zero-order valence-corrected chi connectivity index (χ0v) is 13.7. The molecule has 2 unspecified atom stereocenters. The van der Waals surface area contributed by atoms with Crippen molar-refractivity contribution in [1.82, 2.24) is 4.90 Å². The summed E-state index contributed by atoms with van der Waals surface area (Å²) < 4.78 is 24.3. The van der Waals surface area contributed by atoms with E-state index < -0.39 is 23.9 Å². The van der Waals surface area contributed by atoms with Gasteiger partial charge in [0.05, 0.1) is 13.7 Å². The molecule has 2 fully saturated rings. The van der Waals surface area contributed by atoms with Crippen LogP contribution in [0, 0.1) is 11.7 Å². The van der Waals surface area contributed by atoms with Crippen molar-refractivity contribution in [2.45, 2.75) is 44.2 Å². The number of methoxy groups -OCH3 is 1. The normalized spacial score (nSPS) is 24.2. The van der Waals surface area contributed by atoms with Crippen molar-refractivity contribution < 1.29 is 23.5 Å². The van der Waals surface area contributed by atoms with Crippen LogP contribution in [0.25, 0.3) is 0 Å². The van der Waals surface area contributed by atoms with Gasteiger partial charge < -0.3 is 14.4 Å². The van der Waals surface area contributed by atoms with Crippen LogP contribution in [0.4, 0.5) is 4.39 Å². The Morgan fingerprint density at radius 1 is 1.21 bits per heavy atom. The molecule has 2 atom stereocenters. The molecule has 1 saturated carbocycles. The van der Waals surface area contributed by atoms with E-state index >= 15 is 0 Å². The van der Waals surface area contributed by atoms with Gasteiger partial charge in [-0.3, -0.25) is 4.79 Å². The van der Waals surface area contributed by atoms with E-state index in [2.05, 4.69) is 0 Å². The van der Waals surface area contributed by atoms with Gasteiger partial charge in [0.2, 0.25) is 5.91 Å². The number of rotatable bonds is 4. The van der Waals surface area contributed by atoms with Gasteiger partial charge >= 0.3 is 5.97 Å². The largest absolute Gasteiger partial charge is 0.485 e. The fourth-order valence-corrected chi connectivity index (χ4v) is 3.61. The number of benzene rings is 1. The molecule has 1 aliphatic carbocycles. The zero-order chi connectivity index (χ0) is 17.1. The highest BCUT2D eigenvalue weighted by Crippen LogP contribution is 2.31. The Morgan fingerprint density at radius 3 is 2.58 bits per heavy atom. The summed E-state index contributed by atoms with van der Waals surface area (Å²) in [6.07, 6.45) is 3.71. The van der Waals surface area contributed by atoms with E-state index in [4.69, 9.17) is 9.47 Å². The van der Waals surface area contributed by atoms with Crippen LogP contribution in [0.2, 0.25) is 0 Å². The molecule has 0 spiro atoms. The lowest BCUT2D eigenvalue weighted by Crippen LogP contribution is -2.43. The third kappa shape index (κ3) is 3.37. The molecule has 24 heavy (non-hydrogen) atoms. The Hall–Kier alpha value is -2.11. The standard InChI is InChI=1S/C18H22FNO4/c1-23-18(22)15-10-13(24-16-9-5-4-8-14(16)19)11-20(15)17(21)12-6-2-3-7-12/h4-5,8-9,12-13,15H,2-3,6-7,10-11H2,1H3. The van der Waals surface area contributed by atoms with E-state index in [0.29, 0.717) is 6.42 Å². The third-order valence-corrected chi connectivity index (χ3v) is 4.85. The molecule has 0 aromatic heterocycles. The van der Waals surface area contributed by atoms with Crippen LogP contribution in [0.5, 0.6) is 5.75 Å². The molecule has 1 saturated heterocycles. The second kappa shape index (κ2) is 7.20. The van der Waals surface area contributed by atoms with Crippen LogP contribution in [0.3, 0.4) is 0 Å². The summed E-state index contributed by atoms with van der Waals surface area (Å²) >= 11 is 0. The van der Waals surface area contributed by atoms with E-state index in [0.717, 1.165) is 25.7 Å². The van der Waals surface area contributed by atoms with Crippen molar-refractivity contribution in [3.8, 4) is 5.75 Å². The van der Waals surface area contributed by atoms with Gasteiger partial charge in [-0.25, -0.2) is 9.18 Å². The van der Waals surface area contributed by atoms with Crippen LogP contribution in [0.15, 0.2) is 24.3 Å². The number of carbonyl (C=O) groups excluding carboxylic acids is 2. The molecule has 0 N–H and O–H groups in total. The predicted octanol–water partition coefficient (Wildman–Crippen LogP) is 2.54. The Kier molecular flexibility index (Phi) is 5.02. The Balaban J connectivity index is 1.73. The molecule has 1 heterocycles. The number of hydrogen-bond donors (Lipinski definition) is 0. The predicted molar refractivity (Wildman–Crippen MR) is 84.9 cm³/mol. The summed E-state index contributed by atoms with van der Waals surface area (Å²) in [5.74, 6) is -0.790. The lowest BCUT2D eigenvalue weighted by Gasteiger charge is -2.25. The molecule has 1 aromatic carbocycles. The van der Waals surface area contributed by atoms with Gasteiger partial charge in [-0.1, -0.05) is 25.0 Å². The molecule has 0 bridgehead atoms. The smallest absolute Gasteiger partial charge is 0.328 e. The summed E-state index contributed by atoms with van der Waals surface area (Å²) in [6, 6.07) is 5.49. The number of ether oxygens (including phenoxy) is 2. The van der Waals surface area contributed by atoms with Crippen LogP contribution >= 0.6 is 0 Å². The van der Waals surface area contributed by atoms with Gasteiger partial charge in [-0.15, -0.1) is 0 Å². The number of hydrogen-bond acceptors (Lipinski definition) is 4. The molecular formula is C18H22FNO4. The highest BCUT2D eigenvalue weighted by atomic mass is 19.1. The minimum atomic E-state index is -0.653. The Bertz CT molecular complexity index is 615. The van der Waals surface area contributed by atoms with Crippen molar-refractivity contribution in [3.05, 3.63) is 30.1 Å². The molecular weight excluding hydrogens is 313 g/mol. The maximum atomic E-state index is 13.8. The highest BCUT2D eigenvalue weighted by molar-refractivity contribution is 5.86. The molecule has 0 radical (unpaired) electrons. The lowest BCUT2D eigenvalue weighted by molar-refractivity contribution is -0.152. The van der Waals surface area contributed by atoms with Gasteiger partial charge in [0.15, 0.2) is 11.6 Å². The van der Waals surface area contributed by atoms with E-state index in [1.165, 1.54) is 13.2 Å². The zero-order valence-electron chi connectivity index (χ0n) is 13.7. The second-order valence-electron chi connectivity index (χ2n) is 6.42. The number of likely N-dealkylation sites (tertiary alicyclic amines) is 1. The van der Waals surface area contributed by atoms with Crippen LogP contribution in [0.1, 0.15) is 32.1 Å². The third-order valence-electron chi connectivity index (χ3n) is 4.85. The second-order valence-corrected chi connectivity index (χ2v) is 6.42. The number of para-hydroxylation sites is 1. The number of nitrogens with zero attached hydrogens (tertiary/aromatic N) is 1. The first-order valence-electron chi connectivity index (χ1n) is 8.39. The molecule has 5 nitrogen and oxygen atoms in total. The molecule has 130 valence electrons. The van der Waals surface area contributed by atoms with E-state index in [9.17, 15) is 14.0 Å². The van der Waals surface area contributed by atoms with E-state index in [-0.39, 0.29) is 24.1 Å². The van der Waals surface area contributed by atoms with Gasteiger partial charge in [-0.05, 0) is 25.0 Å². The van der Waals surface area contributed by atoms with Crippen molar-refractivity contribution in [2.75, 3.05) is 13.7 Å². The molecule has 6 heteroatoms. The average Bonchev–Trinajstić information content (AvgIpc) is 3.25. The van der Waals surface area contributed by atoms with Crippen LogP contribution in [-0.4, -0.2) is 42.6 Å². The van der Waals surface area contributed by atoms with E-state index in [1.807, 2.05) is 0 Å². The van der Waals surface area contributed by atoms with Gasteiger partial charge in [0.25, 0.3) is 0 Å². The van der Waals surface area contributed by atoms with Crippen molar-refractivity contribution in [1.29, 1.82) is 0 Å². The topological polar surface area (TPSA) is 55.8 Å². The maximum Gasteiger partial charge on any atom is 0.328 e. The number of carbonyl (C=O) groups is 2. The van der Waals surface area contributed by atoms with Gasteiger partial charge in [-0.2, -0.15) is 0 Å². The monoisotopic (exact) mass is 335 g/mol. The molecule has 3 rings (SSSR count). The highest BCUT2D eigenvalue weighted by Gasteiger charge is 2.43. The Morgan fingerprint density at radius 2 is 1.92 bits per heavy atom. The van der Waals surface area contributed by atoms with Crippen LogP contribution in [-0.2, 0) is 14.3 Å². The van der Waals surface area contributed by atoms with Crippen molar-refractivity contribution >= 4 is 11.9 Å². The molecule has 1 amide bonds. The minimum absolute atomic E-state index is 0.0115. The fraction of sp³-hybridized carbons (Fsp3) is 0.556. The van der Waals surface area contributed by atoms with E-state index in [1.54, 1.807) is 23.1 Å². The summed E-state index contributed by atoms with van der Waals surface area (Å²) in [7, 11) is 1.31. The fourth-order valence-electron chi connectivity index (χ4n) is 3.61. The quantitative estimate of drug-likeness (QED) is 0.794. The summed E-state index contributed by atoms with van der Waals surface area (Å²) in [5, 5.41) is 0. The Labute approximate surface area is 140 Å². The SMILES string of the molecule is COC(=O)C1CC(Oc2ccccc2F)CN1C(=O)C1CCCC1. The first kappa shape index (κ1) is 16.7. The number of amides is 1. The van der Waals surface area contributed by atoms with Crippen LogP contribution < -0.4 is 4.74 Å². The van der Waals surface area contributed by atoms with Crippen molar-refractivity contribution in [2.24, 2.45) is 5.92 Å². The van der Waals surface area contributed by atoms with Crippen molar-refractivity contribution in [3.63, 3.8) is 0 Å². The van der Waals surface area contributed by atoms with Gasteiger partial charge in [0.1, 0.15) is 12.1 Å². The summed E-state index contributed by atoms with van der Waals surface area (Å²) in [4.78, 5) is 26.4. The molecule has 2 aliphatic rings. The molecule has 1 aromatic rings. The lowest BCUT2D eigenvalue weighted by atomic mass is 10.1. The summed E-state index contributed by atoms with van der Waals surface area (Å²) in [6.45, 7) is 0.281.